The highest BCUT2D eigenvalue weighted by Crippen LogP contribution is 2.33. The minimum absolute atomic E-state index is 0.0291. The van der Waals surface area contributed by atoms with Gasteiger partial charge in [0.15, 0.2) is 11.5 Å². The Kier molecular flexibility index (Phi) is 10.5. The minimum atomic E-state index is -0.929. The molecule has 0 saturated heterocycles. The third kappa shape index (κ3) is 7.37. The molecular formula is C26H32O7. The van der Waals surface area contributed by atoms with Crippen molar-refractivity contribution in [1.82, 2.24) is 0 Å². The number of carbonyl (C=O) groups is 1. The van der Waals surface area contributed by atoms with Crippen LogP contribution in [0.1, 0.15) is 30.6 Å². The Morgan fingerprint density at radius 2 is 1.70 bits per heavy atom. The monoisotopic (exact) mass is 456 g/mol. The van der Waals surface area contributed by atoms with Crippen LogP contribution in [0.25, 0.3) is 6.08 Å². The van der Waals surface area contributed by atoms with Crippen LogP contribution in [0.4, 0.5) is 0 Å². The molecule has 2 atom stereocenters. The van der Waals surface area contributed by atoms with Gasteiger partial charge in [-0.05, 0) is 48.7 Å². The van der Waals surface area contributed by atoms with E-state index in [-0.39, 0.29) is 12.2 Å². The first-order valence-corrected chi connectivity index (χ1v) is 10.6. The van der Waals surface area contributed by atoms with Crippen molar-refractivity contribution < 1.29 is 34.0 Å². The lowest BCUT2D eigenvalue weighted by atomic mass is 9.92. The zero-order valence-corrected chi connectivity index (χ0v) is 19.5. The van der Waals surface area contributed by atoms with Crippen molar-refractivity contribution in [2.45, 2.75) is 19.4 Å². The summed E-state index contributed by atoms with van der Waals surface area (Å²) in [5.41, 5.74) is 1.76. The normalized spacial score (nSPS) is 13.5. The quantitative estimate of drug-likeness (QED) is 0.369. The van der Waals surface area contributed by atoms with Crippen LogP contribution in [0, 0.1) is 5.92 Å². The van der Waals surface area contributed by atoms with Crippen molar-refractivity contribution in [3.8, 4) is 17.2 Å². The molecule has 2 aromatic carbocycles. The van der Waals surface area contributed by atoms with Gasteiger partial charge in [0.2, 0.25) is 0 Å². The van der Waals surface area contributed by atoms with Gasteiger partial charge >= 0.3 is 5.97 Å². The second-order valence-corrected chi connectivity index (χ2v) is 7.30. The number of rotatable bonds is 12. The molecule has 0 heterocycles. The van der Waals surface area contributed by atoms with Crippen molar-refractivity contribution in [3.05, 3.63) is 71.3 Å². The molecule has 0 aliphatic rings. The highest BCUT2D eigenvalue weighted by molar-refractivity contribution is 5.88. The summed E-state index contributed by atoms with van der Waals surface area (Å²) in [5.74, 6) is 0.776. The lowest BCUT2D eigenvalue weighted by Crippen LogP contribution is -2.22. The first-order chi connectivity index (χ1) is 16.0. The van der Waals surface area contributed by atoms with Gasteiger partial charge < -0.3 is 29.2 Å². The van der Waals surface area contributed by atoms with E-state index in [1.54, 1.807) is 39.3 Å². The molecule has 0 aliphatic heterocycles. The van der Waals surface area contributed by atoms with Gasteiger partial charge in [-0.1, -0.05) is 36.4 Å². The van der Waals surface area contributed by atoms with E-state index in [9.17, 15) is 15.0 Å². The van der Waals surface area contributed by atoms with Crippen molar-refractivity contribution in [2.24, 2.45) is 5.92 Å². The maximum Gasteiger partial charge on any atom is 0.336 e. The second-order valence-electron chi connectivity index (χ2n) is 7.30. The molecule has 0 radical (unpaired) electrons. The first-order valence-electron chi connectivity index (χ1n) is 10.6. The lowest BCUT2D eigenvalue weighted by Gasteiger charge is -2.23. The van der Waals surface area contributed by atoms with Crippen LogP contribution in [0.15, 0.2) is 60.2 Å². The van der Waals surface area contributed by atoms with Crippen LogP contribution < -0.4 is 14.2 Å². The molecule has 0 saturated carbocycles. The highest BCUT2D eigenvalue weighted by atomic mass is 16.5. The average molecular weight is 457 g/mol. The number of carbonyl (C=O) groups excluding carboxylic acids is 1. The van der Waals surface area contributed by atoms with E-state index in [1.165, 1.54) is 13.2 Å². The number of methoxy groups -OCH3 is 3. The van der Waals surface area contributed by atoms with E-state index >= 15 is 0 Å². The van der Waals surface area contributed by atoms with Gasteiger partial charge in [-0.2, -0.15) is 0 Å². The molecular weight excluding hydrogens is 424 g/mol. The number of aliphatic hydroxyl groups is 2. The zero-order chi connectivity index (χ0) is 24.2. The van der Waals surface area contributed by atoms with Gasteiger partial charge in [0, 0.05) is 5.92 Å². The summed E-state index contributed by atoms with van der Waals surface area (Å²) in [6.07, 6.45) is 4.87. The van der Waals surface area contributed by atoms with Crippen LogP contribution in [0.5, 0.6) is 17.2 Å². The Bertz CT molecular complexity index is 948. The third-order valence-corrected chi connectivity index (χ3v) is 5.27. The molecule has 0 bridgehead atoms. The summed E-state index contributed by atoms with van der Waals surface area (Å²) < 4.78 is 21.2. The molecule has 0 aliphatic carbocycles. The molecule has 0 unspecified atom stereocenters. The van der Waals surface area contributed by atoms with E-state index in [0.717, 1.165) is 11.3 Å². The number of ether oxygens (including phenoxy) is 4. The zero-order valence-electron chi connectivity index (χ0n) is 19.5. The van der Waals surface area contributed by atoms with Crippen LogP contribution in [-0.4, -0.2) is 50.7 Å². The molecule has 7 nitrogen and oxygen atoms in total. The maximum absolute atomic E-state index is 12.2. The highest BCUT2D eigenvalue weighted by Gasteiger charge is 2.24. The summed E-state index contributed by atoms with van der Waals surface area (Å²) in [5, 5.41) is 20.4. The summed E-state index contributed by atoms with van der Waals surface area (Å²) in [7, 11) is 4.68. The van der Waals surface area contributed by atoms with Crippen molar-refractivity contribution in [1.29, 1.82) is 0 Å². The fraction of sp³-hybridized carbons (Fsp3) is 0.346. The molecule has 2 rings (SSSR count). The lowest BCUT2D eigenvalue weighted by molar-refractivity contribution is -0.142. The number of hydrogen-bond donors (Lipinski definition) is 2. The third-order valence-electron chi connectivity index (χ3n) is 5.27. The Balaban J connectivity index is 2.21. The van der Waals surface area contributed by atoms with E-state index in [0.29, 0.717) is 23.5 Å². The summed E-state index contributed by atoms with van der Waals surface area (Å²) >= 11 is 0. The van der Waals surface area contributed by atoms with Crippen LogP contribution in [0.2, 0.25) is 0 Å². The van der Waals surface area contributed by atoms with Gasteiger partial charge in [0.25, 0.3) is 0 Å². The molecule has 0 fully saturated rings. The van der Waals surface area contributed by atoms with Crippen LogP contribution >= 0.6 is 0 Å². The smallest absolute Gasteiger partial charge is 0.336 e. The van der Waals surface area contributed by atoms with Gasteiger partial charge in [0.1, 0.15) is 5.75 Å². The fourth-order valence-corrected chi connectivity index (χ4v) is 3.24. The van der Waals surface area contributed by atoms with Crippen LogP contribution in [-0.2, 0) is 9.53 Å². The molecule has 2 aromatic rings. The maximum atomic E-state index is 12.2. The largest absolute Gasteiger partial charge is 0.497 e. The SMILES string of the molecule is CC=C(CO)C(=O)OC[C@@H](CC=Cc1ccc(OC)cc1)[C@H](O)c1ccc(OC)c(OC)c1. The van der Waals surface area contributed by atoms with Gasteiger partial charge in [-0.3, -0.25) is 0 Å². The topological polar surface area (TPSA) is 94.5 Å². The number of allylic oxidation sites excluding steroid dienone is 2. The molecule has 178 valence electrons. The Morgan fingerprint density at radius 1 is 1.00 bits per heavy atom. The van der Waals surface area contributed by atoms with E-state index < -0.39 is 24.6 Å². The fourth-order valence-electron chi connectivity index (χ4n) is 3.24. The van der Waals surface area contributed by atoms with E-state index in [1.807, 2.05) is 36.4 Å². The Labute approximate surface area is 194 Å². The molecule has 2 N–H and O–H groups in total. The van der Waals surface area contributed by atoms with E-state index in [4.69, 9.17) is 18.9 Å². The Morgan fingerprint density at radius 3 is 2.27 bits per heavy atom. The summed E-state index contributed by atoms with van der Waals surface area (Å²) in [6.45, 7) is 1.22. The minimum Gasteiger partial charge on any atom is -0.497 e. The van der Waals surface area contributed by atoms with Gasteiger partial charge in [0.05, 0.1) is 46.2 Å². The first kappa shape index (κ1) is 26.0. The molecule has 0 spiro atoms. The predicted octanol–water partition coefficient (Wildman–Crippen LogP) is 3.95. The number of esters is 1. The standard InChI is InChI=1S/C26H32O7/c1-5-19(16-27)26(29)33-17-21(8-6-7-18-9-12-22(30-2)13-10-18)25(28)20-11-14-23(31-3)24(15-20)32-4/h5-7,9-15,21,25,27-28H,8,16-17H2,1-4H3/t21-,25-/m1/s1. The number of hydrogen-bond acceptors (Lipinski definition) is 7. The second kappa shape index (κ2) is 13.3. The number of aliphatic hydroxyl groups excluding tert-OH is 2. The summed E-state index contributed by atoms with van der Waals surface area (Å²) in [4.78, 5) is 12.2. The summed E-state index contributed by atoms with van der Waals surface area (Å²) in [6, 6.07) is 12.8. The predicted molar refractivity (Wildman–Crippen MR) is 126 cm³/mol. The van der Waals surface area contributed by atoms with Crippen molar-refractivity contribution in [2.75, 3.05) is 34.5 Å². The molecule has 0 amide bonds. The van der Waals surface area contributed by atoms with Gasteiger partial charge in [-0.25, -0.2) is 4.79 Å². The van der Waals surface area contributed by atoms with Gasteiger partial charge in [-0.15, -0.1) is 0 Å². The number of benzene rings is 2. The Hall–Kier alpha value is -3.29. The average Bonchev–Trinajstić information content (AvgIpc) is 2.86. The molecule has 33 heavy (non-hydrogen) atoms. The van der Waals surface area contributed by atoms with Crippen molar-refractivity contribution >= 4 is 12.0 Å². The van der Waals surface area contributed by atoms with Crippen molar-refractivity contribution in [3.63, 3.8) is 0 Å². The molecule has 7 heteroatoms. The van der Waals surface area contributed by atoms with Crippen LogP contribution in [0.3, 0.4) is 0 Å². The molecule has 0 aromatic heterocycles. The van der Waals surface area contributed by atoms with E-state index in [2.05, 4.69) is 0 Å².